The predicted molar refractivity (Wildman–Crippen MR) is 84.7 cm³/mol. The highest BCUT2D eigenvalue weighted by Gasteiger charge is 2.13. The molecule has 1 heterocycles. The van der Waals surface area contributed by atoms with Gasteiger partial charge in [0.1, 0.15) is 16.4 Å². The van der Waals surface area contributed by atoms with Gasteiger partial charge in [0.15, 0.2) is 0 Å². The molecule has 0 aliphatic heterocycles. The SMILES string of the molecule is Cc1nc(-c2ccccc2[NH2+]c2ccccc2)sc1C.[Br-]. The second-order valence-corrected chi connectivity index (χ2v) is 6.01. The van der Waals surface area contributed by atoms with Gasteiger partial charge in [0.25, 0.3) is 0 Å². The van der Waals surface area contributed by atoms with E-state index in [1.54, 1.807) is 11.3 Å². The maximum absolute atomic E-state index is 4.68. The first-order valence-corrected chi connectivity index (χ1v) is 7.49. The first-order valence-electron chi connectivity index (χ1n) is 6.67. The molecule has 0 saturated heterocycles. The van der Waals surface area contributed by atoms with Crippen molar-refractivity contribution in [2.45, 2.75) is 13.8 Å². The quantitative estimate of drug-likeness (QED) is 0.692. The molecule has 2 aromatic carbocycles. The molecule has 3 aromatic rings. The van der Waals surface area contributed by atoms with Gasteiger partial charge in [-0.25, -0.2) is 4.98 Å². The Bertz CT molecular complexity index is 703. The normalized spacial score (nSPS) is 10.2. The number of quaternary nitrogens is 1. The van der Waals surface area contributed by atoms with Crippen molar-refractivity contribution >= 4 is 22.7 Å². The highest BCUT2D eigenvalue weighted by Crippen LogP contribution is 2.30. The van der Waals surface area contributed by atoms with E-state index in [1.165, 1.54) is 21.8 Å². The van der Waals surface area contributed by atoms with E-state index in [1.807, 2.05) is 6.07 Å². The third-order valence-corrected chi connectivity index (χ3v) is 4.45. The number of para-hydroxylation sites is 2. The minimum atomic E-state index is 0. The fourth-order valence-electron chi connectivity index (χ4n) is 2.13. The van der Waals surface area contributed by atoms with Crippen LogP contribution in [0.5, 0.6) is 0 Å². The summed E-state index contributed by atoms with van der Waals surface area (Å²) >= 11 is 1.76. The summed E-state index contributed by atoms with van der Waals surface area (Å²) in [5, 5.41) is 3.31. The smallest absolute Gasteiger partial charge is 0.144 e. The summed E-state index contributed by atoms with van der Waals surface area (Å²) in [6, 6.07) is 18.8. The van der Waals surface area contributed by atoms with Gasteiger partial charge in [0.05, 0.1) is 11.3 Å². The van der Waals surface area contributed by atoms with Crippen molar-refractivity contribution in [3.8, 4) is 10.6 Å². The second kappa shape index (κ2) is 6.98. The standard InChI is InChI=1S/C17H16N2S.BrH/c1-12-13(2)20-17(18-12)15-10-6-7-11-16(15)19-14-8-4-3-5-9-14;/h3-11,19H,1-2H3;1H. The molecule has 21 heavy (non-hydrogen) atoms. The van der Waals surface area contributed by atoms with Crippen molar-refractivity contribution in [1.82, 2.24) is 4.98 Å². The van der Waals surface area contributed by atoms with E-state index in [2.05, 4.69) is 72.7 Å². The van der Waals surface area contributed by atoms with Crippen LogP contribution in [0.4, 0.5) is 11.4 Å². The Kier molecular flexibility index (Phi) is 5.28. The van der Waals surface area contributed by atoms with E-state index in [9.17, 15) is 0 Å². The maximum Gasteiger partial charge on any atom is 0.144 e. The topological polar surface area (TPSA) is 29.5 Å². The lowest BCUT2D eigenvalue weighted by Gasteiger charge is -2.04. The second-order valence-electron chi connectivity index (χ2n) is 4.80. The molecule has 0 saturated carbocycles. The summed E-state index contributed by atoms with van der Waals surface area (Å²) in [5.74, 6) is 0. The van der Waals surface area contributed by atoms with Gasteiger partial charge in [-0.15, -0.1) is 11.3 Å². The lowest BCUT2D eigenvalue weighted by molar-refractivity contribution is -0.478. The van der Waals surface area contributed by atoms with E-state index in [-0.39, 0.29) is 17.0 Å². The number of halogens is 1. The molecule has 0 atom stereocenters. The summed E-state index contributed by atoms with van der Waals surface area (Å²) in [6.45, 7) is 4.19. The Morgan fingerprint density at radius 2 is 1.57 bits per heavy atom. The summed E-state index contributed by atoms with van der Waals surface area (Å²) < 4.78 is 0. The molecular weight excluding hydrogens is 344 g/mol. The maximum atomic E-state index is 4.68. The number of aromatic nitrogens is 1. The molecular formula is C17H17BrN2S. The number of nitrogens with two attached hydrogens (primary N) is 1. The minimum Gasteiger partial charge on any atom is -1.00 e. The van der Waals surface area contributed by atoms with E-state index in [4.69, 9.17) is 0 Å². The van der Waals surface area contributed by atoms with Crippen LogP contribution in [0.3, 0.4) is 0 Å². The van der Waals surface area contributed by atoms with Crippen LogP contribution in [0.15, 0.2) is 54.6 Å². The van der Waals surface area contributed by atoms with Gasteiger partial charge in [-0.1, -0.05) is 30.3 Å². The van der Waals surface area contributed by atoms with Crippen molar-refractivity contribution in [3.05, 3.63) is 65.2 Å². The third-order valence-electron chi connectivity index (χ3n) is 3.34. The highest BCUT2D eigenvalue weighted by atomic mass is 79.9. The highest BCUT2D eigenvalue weighted by molar-refractivity contribution is 7.15. The Labute approximate surface area is 139 Å². The molecule has 2 nitrogen and oxygen atoms in total. The molecule has 3 rings (SSSR count). The molecule has 0 spiro atoms. The fraction of sp³-hybridized carbons (Fsp3) is 0.118. The van der Waals surface area contributed by atoms with Crippen LogP contribution in [0.25, 0.3) is 10.6 Å². The molecule has 0 radical (unpaired) electrons. The van der Waals surface area contributed by atoms with Gasteiger partial charge in [-0.2, -0.15) is 0 Å². The van der Waals surface area contributed by atoms with Crippen LogP contribution in [0, 0.1) is 13.8 Å². The van der Waals surface area contributed by atoms with E-state index in [0.29, 0.717) is 0 Å². The molecule has 0 unspecified atom stereocenters. The number of aryl methyl sites for hydroxylation is 2. The molecule has 0 bridgehead atoms. The van der Waals surface area contributed by atoms with Crippen LogP contribution in [-0.4, -0.2) is 4.98 Å². The van der Waals surface area contributed by atoms with Gasteiger partial charge in [-0.3, -0.25) is 5.32 Å². The minimum absolute atomic E-state index is 0. The molecule has 0 amide bonds. The predicted octanol–water partition coefficient (Wildman–Crippen LogP) is 0.958. The first-order chi connectivity index (χ1) is 9.74. The van der Waals surface area contributed by atoms with E-state index in [0.717, 1.165) is 10.7 Å². The van der Waals surface area contributed by atoms with Gasteiger partial charge in [0, 0.05) is 10.9 Å². The summed E-state index contributed by atoms with van der Waals surface area (Å²) in [6.07, 6.45) is 0. The number of hydrogen-bond acceptors (Lipinski definition) is 2. The Balaban J connectivity index is 0.00000161. The first kappa shape index (κ1) is 15.9. The average Bonchev–Trinajstić information content (AvgIpc) is 2.80. The number of benzene rings is 2. The van der Waals surface area contributed by atoms with Crippen molar-refractivity contribution < 1.29 is 22.3 Å². The average molecular weight is 361 g/mol. The van der Waals surface area contributed by atoms with Crippen molar-refractivity contribution in [2.24, 2.45) is 0 Å². The number of rotatable bonds is 3. The van der Waals surface area contributed by atoms with Crippen molar-refractivity contribution in [1.29, 1.82) is 0 Å². The summed E-state index contributed by atoms with van der Waals surface area (Å²) in [7, 11) is 0. The molecule has 108 valence electrons. The number of nitrogens with zero attached hydrogens (tertiary/aromatic N) is 1. The molecule has 0 aliphatic carbocycles. The van der Waals surface area contributed by atoms with Gasteiger partial charge in [-0.05, 0) is 32.0 Å². The third kappa shape index (κ3) is 3.59. The largest absolute Gasteiger partial charge is 1.00 e. The Morgan fingerprint density at radius 1 is 0.905 bits per heavy atom. The lowest BCUT2D eigenvalue weighted by atomic mass is 10.1. The molecule has 1 aromatic heterocycles. The molecule has 0 aliphatic rings. The zero-order valence-corrected chi connectivity index (χ0v) is 14.4. The number of hydrogen-bond donors (Lipinski definition) is 1. The van der Waals surface area contributed by atoms with Crippen molar-refractivity contribution in [2.75, 3.05) is 0 Å². The van der Waals surface area contributed by atoms with Gasteiger partial charge in [0.2, 0.25) is 0 Å². The van der Waals surface area contributed by atoms with E-state index >= 15 is 0 Å². The summed E-state index contributed by atoms with van der Waals surface area (Å²) in [5.41, 5.74) is 4.76. The number of thiazole rings is 1. The van der Waals surface area contributed by atoms with Crippen LogP contribution in [0.1, 0.15) is 10.6 Å². The summed E-state index contributed by atoms with van der Waals surface area (Å²) in [4.78, 5) is 5.97. The fourth-order valence-corrected chi connectivity index (χ4v) is 3.10. The zero-order chi connectivity index (χ0) is 13.9. The zero-order valence-electron chi connectivity index (χ0n) is 12.0. The Morgan fingerprint density at radius 3 is 2.24 bits per heavy atom. The molecule has 4 heteroatoms. The van der Waals surface area contributed by atoms with Crippen LogP contribution < -0.4 is 22.3 Å². The van der Waals surface area contributed by atoms with E-state index < -0.39 is 0 Å². The molecule has 0 fully saturated rings. The van der Waals surface area contributed by atoms with Crippen molar-refractivity contribution in [3.63, 3.8) is 0 Å². The molecule has 2 N–H and O–H groups in total. The van der Waals surface area contributed by atoms with Gasteiger partial charge >= 0.3 is 0 Å². The van der Waals surface area contributed by atoms with Crippen LogP contribution >= 0.6 is 11.3 Å². The monoisotopic (exact) mass is 360 g/mol. The van der Waals surface area contributed by atoms with Crippen LogP contribution in [0.2, 0.25) is 0 Å². The lowest BCUT2D eigenvalue weighted by Crippen LogP contribution is -3.00. The van der Waals surface area contributed by atoms with Gasteiger partial charge < -0.3 is 17.0 Å². The Hall–Kier alpha value is -1.49. The van der Waals surface area contributed by atoms with Crippen LogP contribution in [-0.2, 0) is 0 Å².